The van der Waals surface area contributed by atoms with Crippen molar-refractivity contribution in [2.24, 2.45) is 5.10 Å². The van der Waals surface area contributed by atoms with Crippen molar-refractivity contribution in [3.8, 4) is 5.75 Å². The van der Waals surface area contributed by atoms with Gasteiger partial charge in [0.15, 0.2) is 5.16 Å². The number of ether oxygens (including phenoxy) is 1. The number of imidazole rings is 1. The Morgan fingerprint density at radius 1 is 1.32 bits per heavy atom. The minimum Gasteiger partial charge on any atom is -0.497 e. The van der Waals surface area contributed by atoms with Crippen molar-refractivity contribution in [3.63, 3.8) is 0 Å². The second kappa shape index (κ2) is 7.99. The molecule has 3 aromatic heterocycles. The molecule has 9 heteroatoms. The second-order valence-corrected chi connectivity index (χ2v) is 8.11. The number of carbonyl (C=O) groups excluding carboxylic acids is 1. The number of methoxy groups -OCH3 is 1. The first-order valence-electron chi connectivity index (χ1n) is 9.77. The summed E-state index contributed by atoms with van der Waals surface area (Å²) in [6.45, 7) is 1.88. The highest BCUT2D eigenvalue weighted by Crippen LogP contribution is 2.34. The smallest absolute Gasteiger partial charge is 0.253 e. The third-order valence-electron chi connectivity index (χ3n) is 5.06. The van der Waals surface area contributed by atoms with Crippen LogP contribution in [0.5, 0.6) is 5.75 Å². The molecule has 0 saturated carbocycles. The number of rotatable bonds is 6. The van der Waals surface area contributed by atoms with Gasteiger partial charge in [-0.3, -0.25) is 4.79 Å². The molecule has 0 unspecified atom stereocenters. The number of thioether (sulfide) groups is 1. The van der Waals surface area contributed by atoms with Gasteiger partial charge in [0.05, 0.1) is 30.2 Å². The van der Waals surface area contributed by atoms with E-state index < -0.39 is 0 Å². The van der Waals surface area contributed by atoms with Gasteiger partial charge in [-0.2, -0.15) is 5.10 Å². The summed E-state index contributed by atoms with van der Waals surface area (Å²) in [5.41, 5.74) is 2.40. The fourth-order valence-electron chi connectivity index (χ4n) is 3.54. The number of hydrogen-bond acceptors (Lipinski definition) is 7. The normalized spacial score (nSPS) is 16.1. The molecule has 0 bridgehead atoms. The van der Waals surface area contributed by atoms with Crippen LogP contribution in [-0.2, 0) is 4.79 Å². The zero-order chi connectivity index (χ0) is 21.4. The fourth-order valence-corrected chi connectivity index (χ4v) is 4.28. The number of H-pyrrole nitrogens is 1. The van der Waals surface area contributed by atoms with Gasteiger partial charge >= 0.3 is 0 Å². The van der Waals surface area contributed by atoms with E-state index in [9.17, 15) is 4.79 Å². The zero-order valence-corrected chi connectivity index (χ0v) is 17.8. The second-order valence-electron chi connectivity index (χ2n) is 7.14. The molecule has 0 radical (unpaired) electrons. The minimum atomic E-state index is -0.302. The van der Waals surface area contributed by atoms with Gasteiger partial charge in [-0.25, -0.2) is 9.99 Å². The number of nitrogens with one attached hydrogen (secondary N) is 1. The van der Waals surface area contributed by atoms with Gasteiger partial charge in [0.25, 0.3) is 5.91 Å². The summed E-state index contributed by atoms with van der Waals surface area (Å²) in [6, 6.07) is 12.7. The molecular formula is C22H20N4O4S. The Bertz CT molecular complexity index is 1260. The van der Waals surface area contributed by atoms with Crippen molar-refractivity contribution in [3.05, 3.63) is 66.0 Å². The van der Waals surface area contributed by atoms with Crippen LogP contribution >= 0.6 is 11.8 Å². The fraction of sp³-hybridized carbons (Fsp3) is 0.227. The molecule has 4 aromatic rings. The lowest BCUT2D eigenvalue weighted by molar-refractivity contribution is -0.130. The van der Waals surface area contributed by atoms with Crippen LogP contribution < -0.4 is 4.74 Å². The molecule has 1 N–H and O–H groups in total. The molecule has 1 aliphatic rings. The third-order valence-corrected chi connectivity index (χ3v) is 5.92. The molecule has 5 rings (SSSR count). The summed E-state index contributed by atoms with van der Waals surface area (Å²) in [5, 5.41) is 6.73. The average molecular weight is 436 g/mol. The van der Waals surface area contributed by atoms with Gasteiger partial charge in [-0.05, 0) is 43.3 Å². The summed E-state index contributed by atoms with van der Waals surface area (Å²) in [6.07, 6.45) is 2.13. The van der Waals surface area contributed by atoms with E-state index in [2.05, 4.69) is 15.1 Å². The monoisotopic (exact) mass is 436 g/mol. The van der Waals surface area contributed by atoms with Crippen LogP contribution in [0.25, 0.3) is 11.0 Å². The molecule has 1 atom stereocenters. The third kappa shape index (κ3) is 3.84. The number of aromatic amines is 1. The van der Waals surface area contributed by atoms with Gasteiger partial charge in [-0.15, -0.1) is 0 Å². The number of amides is 1. The molecule has 4 heterocycles. The van der Waals surface area contributed by atoms with Crippen molar-refractivity contribution >= 4 is 34.4 Å². The van der Waals surface area contributed by atoms with Gasteiger partial charge in [-0.1, -0.05) is 11.8 Å². The molecule has 0 spiro atoms. The Balaban J connectivity index is 1.35. The number of hydrogen-bond donors (Lipinski definition) is 1. The predicted molar refractivity (Wildman–Crippen MR) is 116 cm³/mol. The quantitative estimate of drug-likeness (QED) is 0.446. The predicted octanol–water partition coefficient (Wildman–Crippen LogP) is 4.54. The highest BCUT2D eigenvalue weighted by atomic mass is 32.2. The molecule has 1 aromatic carbocycles. The molecule has 0 saturated heterocycles. The van der Waals surface area contributed by atoms with E-state index in [-0.39, 0.29) is 17.7 Å². The van der Waals surface area contributed by atoms with E-state index in [1.165, 1.54) is 16.8 Å². The lowest BCUT2D eigenvalue weighted by Crippen LogP contribution is -2.28. The van der Waals surface area contributed by atoms with Gasteiger partial charge < -0.3 is 18.6 Å². The standard InChI is InChI=1S/C22H20N4O4S/c1-13-5-8-19(30-13)17-11-18(20-4-3-9-29-20)26(25-17)21(27)12-31-22-23-15-7-6-14(28-2)10-16(15)24-22/h3-10,18H,11-12H2,1-2H3,(H,23,24)/t18-/m0/s1. The van der Waals surface area contributed by atoms with Crippen LogP contribution in [0.4, 0.5) is 0 Å². The minimum absolute atomic E-state index is 0.136. The molecule has 158 valence electrons. The summed E-state index contributed by atoms with van der Waals surface area (Å²) in [5.74, 6) is 2.95. The van der Waals surface area contributed by atoms with Crippen LogP contribution in [-0.4, -0.2) is 39.5 Å². The molecule has 1 amide bonds. The van der Waals surface area contributed by atoms with E-state index in [1.54, 1.807) is 13.4 Å². The van der Waals surface area contributed by atoms with Crippen LogP contribution in [0.2, 0.25) is 0 Å². The van der Waals surface area contributed by atoms with E-state index in [1.807, 2.05) is 49.4 Å². The SMILES string of the molecule is COc1ccc2nc(SCC(=O)N3N=C(c4ccc(C)o4)C[C@H]3c3ccco3)[nH]c2c1. The number of aromatic nitrogens is 2. The van der Waals surface area contributed by atoms with Crippen LogP contribution in [0.15, 0.2) is 67.8 Å². The number of hydrazone groups is 1. The van der Waals surface area contributed by atoms with E-state index in [0.29, 0.717) is 23.1 Å². The first kappa shape index (κ1) is 19.5. The van der Waals surface area contributed by atoms with Crippen molar-refractivity contribution in [1.29, 1.82) is 0 Å². The van der Waals surface area contributed by atoms with Crippen LogP contribution in [0.1, 0.15) is 29.7 Å². The molecule has 0 fully saturated rings. The van der Waals surface area contributed by atoms with E-state index in [4.69, 9.17) is 13.6 Å². The molecule has 0 aliphatic carbocycles. The first-order chi connectivity index (χ1) is 15.1. The Morgan fingerprint density at radius 3 is 2.97 bits per heavy atom. The maximum Gasteiger partial charge on any atom is 0.253 e. The number of nitrogens with zero attached hydrogens (tertiary/aromatic N) is 3. The Kier molecular flexibility index (Phi) is 5.03. The van der Waals surface area contributed by atoms with Crippen molar-refractivity contribution in [2.45, 2.75) is 24.5 Å². The summed E-state index contributed by atoms with van der Waals surface area (Å²) >= 11 is 1.33. The maximum absolute atomic E-state index is 13.1. The van der Waals surface area contributed by atoms with Gasteiger partial charge in [0, 0.05) is 12.5 Å². The summed E-state index contributed by atoms with van der Waals surface area (Å²) in [4.78, 5) is 20.8. The number of furan rings is 2. The number of fused-ring (bicyclic) bond motifs is 1. The van der Waals surface area contributed by atoms with Crippen LogP contribution in [0, 0.1) is 6.92 Å². The van der Waals surface area contributed by atoms with Gasteiger partial charge in [0.2, 0.25) is 0 Å². The Hall–Kier alpha value is -3.46. The molecular weight excluding hydrogens is 416 g/mol. The summed E-state index contributed by atoms with van der Waals surface area (Å²) in [7, 11) is 1.62. The molecule has 1 aliphatic heterocycles. The highest BCUT2D eigenvalue weighted by molar-refractivity contribution is 7.99. The topological polar surface area (TPSA) is 96.9 Å². The first-order valence-corrected chi connectivity index (χ1v) is 10.8. The lowest BCUT2D eigenvalue weighted by Gasteiger charge is -2.19. The summed E-state index contributed by atoms with van der Waals surface area (Å²) < 4.78 is 16.5. The van der Waals surface area contributed by atoms with E-state index >= 15 is 0 Å². The highest BCUT2D eigenvalue weighted by Gasteiger charge is 2.35. The van der Waals surface area contributed by atoms with E-state index in [0.717, 1.165) is 28.3 Å². The average Bonchev–Trinajstić information content (AvgIpc) is 3.56. The zero-order valence-electron chi connectivity index (χ0n) is 17.0. The Labute approximate surface area is 182 Å². The largest absolute Gasteiger partial charge is 0.497 e. The van der Waals surface area contributed by atoms with Crippen molar-refractivity contribution in [2.75, 3.05) is 12.9 Å². The number of benzene rings is 1. The van der Waals surface area contributed by atoms with Crippen molar-refractivity contribution in [1.82, 2.24) is 15.0 Å². The lowest BCUT2D eigenvalue weighted by atomic mass is 10.1. The maximum atomic E-state index is 13.1. The Morgan fingerprint density at radius 2 is 2.23 bits per heavy atom. The van der Waals surface area contributed by atoms with Gasteiger partial charge in [0.1, 0.15) is 34.8 Å². The number of aryl methyl sites for hydroxylation is 1. The number of carbonyl (C=O) groups is 1. The van der Waals surface area contributed by atoms with Crippen molar-refractivity contribution < 1.29 is 18.4 Å². The van der Waals surface area contributed by atoms with Crippen LogP contribution in [0.3, 0.4) is 0 Å². The molecule has 31 heavy (non-hydrogen) atoms. The molecule has 8 nitrogen and oxygen atoms in total.